The van der Waals surface area contributed by atoms with Crippen LogP contribution in [-0.4, -0.2) is 17.3 Å². The minimum absolute atomic E-state index is 0.00764. The van der Waals surface area contributed by atoms with E-state index in [0.717, 1.165) is 11.4 Å². The maximum Gasteiger partial charge on any atom is 0.204 e. The second kappa shape index (κ2) is 4.45. The van der Waals surface area contributed by atoms with Gasteiger partial charge in [0.25, 0.3) is 0 Å². The van der Waals surface area contributed by atoms with Crippen molar-refractivity contribution in [3.8, 4) is 5.75 Å². The number of benzene rings is 1. The molecule has 2 rings (SSSR count). The Morgan fingerprint density at radius 1 is 1.31 bits per heavy atom. The average Bonchev–Trinajstić information content (AvgIpc) is 2.75. The summed E-state index contributed by atoms with van der Waals surface area (Å²) in [4.78, 5) is 12.7. The van der Waals surface area contributed by atoms with Gasteiger partial charge in [-0.15, -0.1) is 0 Å². The number of nitrogens with zero attached hydrogens (tertiary/aromatic N) is 1. The van der Waals surface area contributed by atoms with Crippen LogP contribution >= 0.6 is 11.5 Å². The van der Waals surface area contributed by atoms with Gasteiger partial charge in [-0.25, -0.2) is 0 Å². The first-order chi connectivity index (χ1) is 7.70. The molecule has 0 aliphatic rings. The number of carbonyl (C=O) groups is 1. The van der Waals surface area contributed by atoms with Gasteiger partial charge in [0.05, 0.1) is 17.7 Å². The lowest BCUT2D eigenvalue weighted by atomic mass is 10.1. The molecule has 16 heavy (non-hydrogen) atoms. The molecule has 0 N–H and O–H groups in total. The molecule has 0 saturated heterocycles. The smallest absolute Gasteiger partial charge is 0.204 e. The van der Waals surface area contributed by atoms with Crippen molar-refractivity contribution >= 4 is 17.3 Å². The van der Waals surface area contributed by atoms with E-state index >= 15 is 0 Å². The van der Waals surface area contributed by atoms with Gasteiger partial charge in [0.15, 0.2) is 0 Å². The van der Waals surface area contributed by atoms with Crippen LogP contribution in [0.4, 0.5) is 0 Å². The summed E-state index contributed by atoms with van der Waals surface area (Å²) >= 11 is 1.23. The Balaban J connectivity index is 2.27. The molecule has 0 saturated carbocycles. The normalized spacial score (nSPS) is 10.1. The van der Waals surface area contributed by atoms with Gasteiger partial charge in [0.2, 0.25) is 5.78 Å². The molecular weight excluding hydrogens is 222 g/mol. The Hall–Kier alpha value is -1.68. The number of ether oxygens (including phenoxy) is 1. The zero-order valence-electron chi connectivity index (χ0n) is 9.06. The van der Waals surface area contributed by atoms with Crippen molar-refractivity contribution in [2.24, 2.45) is 0 Å². The quantitative estimate of drug-likeness (QED) is 0.765. The van der Waals surface area contributed by atoms with Crippen molar-refractivity contribution in [2.45, 2.75) is 6.92 Å². The van der Waals surface area contributed by atoms with Gasteiger partial charge in [-0.2, -0.15) is 4.37 Å². The van der Waals surface area contributed by atoms with Gasteiger partial charge in [-0.3, -0.25) is 4.79 Å². The summed E-state index contributed by atoms with van der Waals surface area (Å²) in [5.74, 6) is 0.755. The van der Waals surface area contributed by atoms with Gasteiger partial charge in [-0.1, -0.05) is 0 Å². The van der Waals surface area contributed by atoms with Gasteiger partial charge < -0.3 is 4.74 Å². The minimum Gasteiger partial charge on any atom is -0.497 e. The van der Waals surface area contributed by atoms with Crippen LogP contribution in [-0.2, 0) is 0 Å². The third-order valence-corrected chi connectivity index (χ3v) is 3.08. The molecule has 1 aromatic carbocycles. The molecule has 1 aromatic heterocycles. The number of hydrogen-bond donors (Lipinski definition) is 0. The summed E-state index contributed by atoms with van der Waals surface area (Å²) < 4.78 is 9.13. The van der Waals surface area contributed by atoms with Crippen molar-refractivity contribution in [1.82, 2.24) is 4.37 Å². The lowest BCUT2D eigenvalue weighted by molar-refractivity contribution is 0.104. The highest BCUT2D eigenvalue weighted by Crippen LogP contribution is 2.17. The van der Waals surface area contributed by atoms with Crippen molar-refractivity contribution in [3.05, 3.63) is 46.5 Å². The molecule has 4 heteroatoms. The highest BCUT2D eigenvalue weighted by Gasteiger charge is 2.11. The van der Waals surface area contributed by atoms with Crippen molar-refractivity contribution in [2.75, 3.05) is 7.11 Å². The van der Waals surface area contributed by atoms with Crippen LogP contribution in [0.3, 0.4) is 0 Å². The average molecular weight is 233 g/mol. The fourth-order valence-corrected chi connectivity index (χ4v) is 2.07. The summed E-state index contributed by atoms with van der Waals surface area (Å²) in [5, 5.41) is 0. The molecule has 0 amide bonds. The third kappa shape index (κ3) is 2.12. The van der Waals surface area contributed by atoms with E-state index < -0.39 is 0 Å². The Morgan fingerprint density at radius 2 is 2.00 bits per heavy atom. The molecule has 0 bridgehead atoms. The lowest BCUT2D eigenvalue weighted by Gasteiger charge is -2.00. The summed E-state index contributed by atoms with van der Waals surface area (Å²) in [6.45, 7) is 1.88. The summed E-state index contributed by atoms with van der Waals surface area (Å²) in [7, 11) is 1.60. The molecule has 0 atom stereocenters. The van der Waals surface area contributed by atoms with Crippen LogP contribution in [0.25, 0.3) is 0 Å². The summed E-state index contributed by atoms with van der Waals surface area (Å²) in [5.41, 5.74) is 1.53. The Morgan fingerprint density at radius 3 is 2.50 bits per heavy atom. The molecule has 0 unspecified atom stereocenters. The monoisotopic (exact) mass is 233 g/mol. The molecule has 1 heterocycles. The van der Waals surface area contributed by atoms with Crippen LogP contribution in [0.1, 0.15) is 20.9 Å². The van der Waals surface area contributed by atoms with E-state index in [9.17, 15) is 4.79 Å². The van der Waals surface area contributed by atoms with Crippen molar-refractivity contribution < 1.29 is 9.53 Å². The highest BCUT2D eigenvalue weighted by molar-refractivity contribution is 7.08. The first kappa shape index (κ1) is 10.8. The van der Waals surface area contributed by atoms with Crippen molar-refractivity contribution in [1.29, 1.82) is 0 Å². The van der Waals surface area contributed by atoms with Crippen molar-refractivity contribution in [3.63, 3.8) is 0 Å². The molecule has 0 aliphatic heterocycles. The molecule has 0 spiro atoms. The van der Waals surface area contributed by atoms with Gasteiger partial charge in [-0.05, 0) is 48.8 Å². The van der Waals surface area contributed by atoms with E-state index in [4.69, 9.17) is 4.74 Å². The second-order valence-electron chi connectivity index (χ2n) is 3.39. The lowest BCUT2D eigenvalue weighted by Crippen LogP contribution is -1.98. The number of carbonyl (C=O) groups excluding carboxylic acids is 1. The molecular formula is C12H11NO2S. The first-order valence-electron chi connectivity index (χ1n) is 4.83. The van der Waals surface area contributed by atoms with Gasteiger partial charge in [0.1, 0.15) is 5.75 Å². The zero-order chi connectivity index (χ0) is 11.5. The topological polar surface area (TPSA) is 39.2 Å². The molecule has 0 fully saturated rings. The van der Waals surface area contributed by atoms with Crippen LogP contribution < -0.4 is 4.74 Å². The Kier molecular flexibility index (Phi) is 3.01. The zero-order valence-corrected chi connectivity index (χ0v) is 9.88. The number of methoxy groups -OCH3 is 1. The van der Waals surface area contributed by atoms with Gasteiger partial charge >= 0.3 is 0 Å². The summed E-state index contributed by atoms with van der Waals surface area (Å²) in [6, 6.07) is 8.88. The fourth-order valence-electron chi connectivity index (χ4n) is 1.36. The molecule has 0 radical (unpaired) electrons. The number of aromatic nitrogens is 1. The van der Waals surface area contributed by atoms with E-state index in [2.05, 4.69) is 4.37 Å². The minimum atomic E-state index is 0.00764. The Bertz CT molecular complexity index is 502. The maximum absolute atomic E-state index is 12.0. The number of hydrogen-bond acceptors (Lipinski definition) is 4. The van der Waals surface area contributed by atoms with Crippen LogP contribution in [0.2, 0.25) is 0 Å². The molecule has 82 valence electrons. The van der Waals surface area contributed by atoms with E-state index in [-0.39, 0.29) is 5.78 Å². The van der Waals surface area contributed by atoms with Crippen LogP contribution in [0, 0.1) is 6.92 Å². The number of rotatable bonds is 3. The number of ketones is 1. The van der Waals surface area contributed by atoms with E-state index in [0.29, 0.717) is 10.4 Å². The molecule has 0 aliphatic carbocycles. The number of aryl methyl sites for hydroxylation is 1. The predicted molar refractivity (Wildman–Crippen MR) is 63.3 cm³/mol. The fraction of sp³-hybridized carbons (Fsp3) is 0.167. The SMILES string of the molecule is COc1ccc(C(=O)c2cc(C)ns2)cc1. The van der Waals surface area contributed by atoms with E-state index in [1.54, 1.807) is 37.4 Å². The summed E-state index contributed by atoms with van der Waals surface area (Å²) in [6.07, 6.45) is 0. The third-order valence-electron chi connectivity index (χ3n) is 2.20. The molecule has 3 nitrogen and oxygen atoms in total. The van der Waals surface area contributed by atoms with Crippen LogP contribution in [0.5, 0.6) is 5.75 Å². The second-order valence-corrected chi connectivity index (χ2v) is 4.20. The van der Waals surface area contributed by atoms with Crippen LogP contribution in [0.15, 0.2) is 30.3 Å². The largest absolute Gasteiger partial charge is 0.497 e. The van der Waals surface area contributed by atoms with E-state index in [1.807, 2.05) is 6.92 Å². The van der Waals surface area contributed by atoms with E-state index in [1.165, 1.54) is 11.5 Å². The maximum atomic E-state index is 12.0. The standard InChI is InChI=1S/C12H11NO2S/c1-8-7-11(16-13-8)12(14)9-3-5-10(15-2)6-4-9/h3-7H,1-2H3. The highest BCUT2D eigenvalue weighted by atomic mass is 32.1. The molecule has 2 aromatic rings. The predicted octanol–water partition coefficient (Wildman–Crippen LogP) is 2.69. The van der Waals surface area contributed by atoms with Gasteiger partial charge in [0, 0.05) is 5.56 Å². The first-order valence-corrected chi connectivity index (χ1v) is 5.60. The Labute approximate surface area is 97.9 Å².